The van der Waals surface area contributed by atoms with Gasteiger partial charge in [0.15, 0.2) is 18.1 Å². The standard InChI is InChI=1S/C17H13Cl3N2O3/c1-2-24-15-5-10(8-21)3-4-14(15)25-9-16(23)22-17-12(19)6-11(18)7-13(17)20/h3-7H,2,9H2,1H3,(H,22,23). The van der Waals surface area contributed by atoms with Gasteiger partial charge in [-0.05, 0) is 31.2 Å². The van der Waals surface area contributed by atoms with Crippen molar-refractivity contribution in [2.45, 2.75) is 6.92 Å². The summed E-state index contributed by atoms with van der Waals surface area (Å²) in [5.41, 5.74) is 0.686. The van der Waals surface area contributed by atoms with E-state index in [9.17, 15) is 4.79 Å². The predicted molar refractivity (Wildman–Crippen MR) is 97.9 cm³/mol. The number of hydrogen-bond acceptors (Lipinski definition) is 4. The average Bonchev–Trinajstić information content (AvgIpc) is 2.57. The highest BCUT2D eigenvalue weighted by atomic mass is 35.5. The zero-order valence-electron chi connectivity index (χ0n) is 13.1. The molecule has 0 unspecified atom stereocenters. The molecule has 0 saturated carbocycles. The van der Waals surface area contributed by atoms with Crippen molar-refractivity contribution in [2.75, 3.05) is 18.5 Å². The largest absolute Gasteiger partial charge is 0.490 e. The number of ether oxygens (including phenoxy) is 2. The highest BCUT2D eigenvalue weighted by molar-refractivity contribution is 6.42. The molecule has 0 aromatic heterocycles. The fraction of sp³-hybridized carbons (Fsp3) is 0.176. The summed E-state index contributed by atoms with van der Waals surface area (Å²) in [4.78, 5) is 12.1. The van der Waals surface area contributed by atoms with Gasteiger partial charge in [0, 0.05) is 11.1 Å². The first kappa shape index (κ1) is 19.2. The number of amides is 1. The first-order chi connectivity index (χ1) is 11.9. The van der Waals surface area contributed by atoms with Crippen molar-refractivity contribution in [2.24, 2.45) is 0 Å². The number of nitrogens with one attached hydrogen (secondary N) is 1. The summed E-state index contributed by atoms with van der Waals surface area (Å²) < 4.78 is 10.9. The number of rotatable bonds is 6. The molecule has 0 saturated heterocycles. The first-order valence-corrected chi connectivity index (χ1v) is 8.32. The van der Waals surface area contributed by atoms with Gasteiger partial charge in [0.1, 0.15) is 0 Å². The fourth-order valence-corrected chi connectivity index (χ4v) is 2.86. The summed E-state index contributed by atoms with van der Waals surface area (Å²) in [5, 5.41) is 12.3. The van der Waals surface area contributed by atoms with E-state index in [-0.39, 0.29) is 22.3 Å². The van der Waals surface area contributed by atoms with Gasteiger partial charge in [-0.1, -0.05) is 34.8 Å². The monoisotopic (exact) mass is 398 g/mol. The second kappa shape index (κ2) is 8.82. The van der Waals surface area contributed by atoms with Crippen molar-refractivity contribution in [3.63, 3.8) is 0 Å². The van der Waals surface area contributed by atoms with Crippen LogP contribution in [0.1, 0.15) is 12.5 Å². The van der Waals surface area contributed by atoms with Gasteiger partial charge in [-0.2, -0.15) is 5.26 Å². The third-order valence-corrected chi connectivity index (χ3v) is 3.82. The maximum atomic E-state index is 12.1. The molecular weight excluding hydrogens is 387 g/mol. The van der Waals surface area contributed by atoms with Crippen LogP contribution in [0.3, 0.4) is 0 Å². The molecular formula is C17H13Cl3N2O3. The zero-order valence-corrected chi connectivity index (χ0v) is 15.4. The van der Waals surface area contributed by atoms with Crippen molar-refractivity contribution in [3.05, 3.63) is 51.0 Å². The number of carbonyl (C=O) groups is 1. The van der Waals surface area contributed by atoms with E-state index >= 15 is 0 Å². The topological polar surface area (TPSA) is 71.3 Å². The van der Waals surface area contributed by atoms with Gasteiger partial charge in [0.25, 0.3) is 5.91 Å². The van der Waals surface area contributed by atoms with Crippen LogP contribution >= 0.6 is 34.8 Å². The smallest absolute Gasteiger partial charge is 0.262 e. The maximum Gasteiger partial charge on any atom is 0.262 e. The molecule has 1 N–H and O–H groups in total. The number of anilines is 1. The van der Waals surface area contributed by atoms with Crippen molar-refractivity contribution in [1.82, 2.24) is 0 Å². The van der Waals surface area contributed by atoms with Gasteiger partial charge in [-0.25, -0.2) is 0 Å². The fourth-order valence-electron chi connectivity index (χ4n) is 1.95. The normalized spacial score (nSPS) is 10.0. The molecule has 0 fully saturated rings. The minimum Gasteiger partial charge on any atom is -0.490 e. The van der Waals surface area contributed by atoms with E-state index in [0.29, 0.717) is 28.7 Å². The van der Waals surface area contributed by atoms with Crippen LogP contribution in [0.25, 0.3) is 0 Å². The number of nitriles is 1. The predicted octanol–water partition coefficient (Wildman–Crippen LogP) is 4.93. The molecule has 2 aromatic carbocycles. The van der Waals surface area contributed by atoms with Crippen molar-refractivity contribution in [1.29, 1.82) is 5.26 Å². The third-order valence-electron chi connectivity index (χ3n) is 3.00. The lowest BCUT2D eigenvalue weighted by Crippen LogP contribution is -2.20. The van der Waals surface area contributed by atoms with Crippen LogP contribution in [0.15, 0.2) is 30.3 Å². The number of carbonyl (C=O) groups excluding carboxylic acids is 1. The molecule has 0 heterocycles. The Morgan fingerprint density at radius 2 is 1.80 bits per heavy atom. The molecule has 25 heavy (non-hydrogen) atoms. The van der Waals surface area contributed by atoms with E-state index in [2.05, 4.69) is 5.32 Å². The first-order valence-electron chi connectivity index (χ1n) is 7.18. The summed E-state index contributed by atoms with van der Waals surface area (Å²) in [6.07, 6.45) is 0. The lowest BCUT2D eigenvalue weighted by Gasteiger charge is -2.13. The molecule has 130 valence electrons. The van der Waals surface area contributed by atoms with E-state index in [1.807, 2.05) is 6.07 Å². The molecule has 5 nitrogen and oxygen atoms in total. The van der Waals surface area contributed by atoms with E-state index in [1.54, 1.807) is 25.1 Å². The number of nitrogens with zero attached hydrogens (tertiary/aromatic N) is 1. The summed E-state index contributed by atoms with van der Waals surface area (Å²) in [5.74, 6) is 0.277. The second-order valence-corrected chi connectivity index (χ2v) is 6.04. The van der Waals surface area contributed by atoms with Crippen LogP contribution in [0.2, 0.25) is 15.1 Å². The Hall–Kier alpha value is -2.13. The van der Waals surface area contributed by atoms with Crippen molar-refractivity contribution in [3.8, 4) is 17.6 Å². The van der Waals surface area contributed by atoms with Gasteiger partial charge in [0.05, 0.1) is 34.0 Å². The van der Waals surface area contributed by atoms with Gasteiger partial charge in [-0.15, -0.1) is 0 Å². The summed E-state index contributed by atoms with van der Waals surface area (Å²) >= 11 is 17.9. The molecule has 0 spiro atoms. The SMILES string of the molecule is CCOc1cc(C#N)ccc1OCC(=O)Nc1c(Cl)cc(Cl)cc1Cl. The maximum absolute atomic E-state index is 12.1. The highest BCUT2D eigenvalue weighted by Gasteiger charge is 2.13. The summed E-state index contributed by atoms with van der Waals surface area (Å²) in [6, 6.07) is 9.64. The van der Waals surface area contributed by atoms with Gasteiger partial charge in [-0.3, -0.25) is 4.79 Å². The lowest BCUT2D eigenvalue weighted by atomic mass is 10.2. The molecule has 0 aliphatic rings. The second-order valence-electron chi connectivity index (χ2n) is 4.79. The van der Waals surface area contributed by atoms with Gasteiger partial charge < -0.3 is 14.8 Å². The van der Waals surface area contributed by atoms with Crippen LogP contribution in [0, 0.1) is 11.3 Å². The summed E-state index contributed by atoms with van der Waals surface area (Å²) in [7, 11) is 0. The molecule has 0 atom stereocenters. The quantitative estimate of drug-likeness (QED) is 0.747. The molecule has 0 aliphatic carbocycles. The Morgan fingerprint density at radius 1 is 1.12 bits per heavy atom. The number of halogens is 3. The Labute approximate surface area is 160 Å². The van der Waals surface area contributed by atoms with Crippen molar-refractivity contribution < 1.29 is 14.3 Å². The minimum atomic E-state index is -0.460. The molecule has 0 aliphatic heterocycles. The Balaban J connectivity index is 2.07. The minimum absolute atomic E-state index is 0.222. The Morgan fingerprint density at radius 3 is 2.40 bits per heavy atom. The third kappa shape index (κ3) is 5.17. The van der Waals surface area contributed by atoms with E-state index in [0.717, 1.165) is 0 Å². The van der Waals surface area contributed by atoms with Crippen LogP contribution < -0.4 is 14.8 Å². The van der Waals surface area contributed by atoms with Crippen LogP contribution in [0.5, 0.6) is 11.5 Å². The van der Waals surface area contributed by atoms with E-state index < -0.39 is 5.91 Å². The zero-order chi connectivity index (χ0) is 18.4. The molecule has 1 amide bonds. The molecule has 8 heteroatoms. The van der Waals surface area contributed by atoms with E-state index in [4.69, 9.17) is 49.5 Å². The number of benzene rings is 2. The lowest BCUT2D eigenvalue weighted by molar-refractivity contribution is -0.118. The average molecular weight is 400 g/mol. The van der Waals surface area contributed by atoms with Crippen LogP contribution in [-0.4, -0.2) is 19.1 Å². The molecule has 2 rings (SSSR count). The molecule has 2 aromatic rings. The molecule has 0 bridgehead atoms. The van der Waals surface area contributed by atoms with Gasteiger partial charge >= 0.3 is 0 Å². The van der Waals surface area contributed by atoms with E-state index in [1.165, 1.54) is 12.1 Å². The van der Waals surface area contributed by atoms with Crippen LogP contribution in [0.4, 0.5) is 5.69 Å². The van der Waals surface area contributed by atoms with Crippen LogP contribution in [-0.2, 0) is 4.79 Å². The van der Waals surface area contributed by atoms with Crippen molar-refractivity contribution >= 4 is 46.4 Å². The molecule has 0 radical (unpaired) electrons. The number of hydrogen-bond donors (Lipinski definition) is 1. The van der Waals surface area contributed by atoms with Gasteiger partial charge in [0.2, 0.25) is 0 Å². The summed E-state index contributed by atoms with van der Waals surface area (Å²) in [6.45, 7) is 1.91. The Bertz CT molecular complexity index is 811. The Kier molecular flexibility index (Phi) is 6.77. The highest BCUT2D eigenvalue weighted by Crippen LogP contribution is 2.34.